The van der Waals surface area contributed by atoms with Gasteiger partial charge < -0.3 is 26.0 Å². The summed E-state index contributed by atoms with van der Waals surface area (Å²) in [6.45, 7) is 7.06. The Morgan fingerprint density at radius 1 is 1.00 bits per heavy atom. The van der Waals surface area contributed by atoms with Crippen LogP contribution < -0.4 is 16.0 Å². The first-order valence-electron chi connectivity index (χ1n) is 16.0. The van der Waals surface area contributed by atoms with Crippen LogP contribution in [0.5, 0.6) is 0 Å². The molecule has 4 N–H and O–H groups in total. The van der Waals surface area contributed by atoms with Crippen LogP contribution in [-0.4, -0.2) is 83.5 Å². The molecule has 11 nitrogen and oxygen atoms in total. The fourth-order valence-electron chi connectivity index (χ4n) is 5.71. The highest BCUT2D eigenvalue weighted by atomic mass is 32.2. The lowest BCUT2D eigenvalue weighted by atomic mass is 9.83. The van der Waals surface area contributed by atoms with E-state index < -0.39 is 56.0 Å². The third-order valence-electron chi connectivity index (χ3n) is 8.49. The summed E-state index contributed by atoms with van der Waals surface area (Å²) in [5.74, 6) is -2.26. The van der Waals surface area contributed by atoms with E-state index in [1.807, 2.05) is 6.08 Å². The van der Waals surface area contributed by atoms with E-state index >= 15 is 0 Å². The van der Waals surface area contributed by atoms with E-state index in [1.54, 1.807) is 20.8 Å². The van der Waals surface area contributed by atoms with Crippen LogP contribution in [-0.2, 0) is 24.2 Å². The number of carboxylic acid groups (broad SMARTS) is 1. The normalized spacial score (nSPS) is 19.6. The summed E-state index contributed by atoms with van der Waals surface area (Å²) in [4.78, 5) is 52.1. The van der Waals surface area contributed by atoms with Gasteiger partial charge in [0.1, 0.15) is 12.1 Å². The fourth-order valence-corrected chi connectivity index (χ4v) is 7.23. The summed E-state index contributed by atoms with van der Waals surface area (Å²) >= 11 is 0. The number of carbonyl (C=O) groups is 4. The molecule has 1 aliphatic heterocycles. The molecule has 246 valence electrons. The molecule has 12 heteroatoms. The van der Waals surface area contributed by atoms with Gasteiger partial charge in [-0.1, -0.05) is 57.6 Å². The number of unbranched alkanes of at least 4 members (excludes halogenated alkanes) is 4. The summed E-state index contributed by atoms with van der Waals surface area (Å²) in [6, 6.07) is -2.49. The van der Waals surface area contributed by atoms with Crippen LogP contribution in [0.25, 0.3) is 0 Å². The number of hydrogen-bond donors (Lipinski definition) is 4. The molecule has 0 aromatic heterocycles. The Hall–Kier alpha value is -2.63. The third kappa shape index (κ3) is 11.8. The van der Waals surface area contributed by atoms with Crippen molar-refractivity contribution in [2.45, 2.75) is 140 Å². The largest absolute Gasteiger partial charge is 0.480 e. The molecular weight excluding hydrogens is 572 g/mol. The molecule has 1 saturated heterocycles. The second kappa shape index (κ2) is 17.0. The standard InChI is InChI=1S/C31H54N4O7S/c1-5-6-7-8-9-10-11-13-17-24(28(38)39)33-27(37)25-18-16-21-35(25)26(36)22-32-29(40)34-31(19-14-12-15-20-31)23-43(41,42)30(2,3)4/h10-11,24-25H,5-9,12-23H2,1-4H3,(H,33,37)(H,38,39)(H2,32,34,40)/b11-10-/t24-,25-/m0/s1. The Kier molecular flexibility index (Phi) is 14.5. The number of carbonyl (C=O) groups excluding carboxylic acids is 3. The highest BCUT2D eigenvalue weighted by Gasteiger charge is 2.42. The van der Waals surface area contributed by atoms with E-state index in [4.69, 9.17) is 0 Å². The Morgan fingerprint density at radius 3 is 2.30 bits per heavy atom. The molecule has 2 aliphatic rings. The lowest BCUT2D eigenvalue weighted by Crippen LogP contribution is -2.59. The van der Waals surface area contributed by atoms with Crippen molar-refractivity contribution in [2.75, 3.05) is 18.8 Å². The molecule has 2 rings (SSSR count). The molecule has 0 radical (unpaired) electrons. The second-order valence-electron chi connectivity index (χ2n) is 13.1. The van der Waals surface area contributed by atoms with Gasteiger partial charge in [-0.15, -0.1) is 0 Å². The molecule has 1 aliphatic carbocycles. The average molecular weight is 627 g/mol. The molecule has 0 aromatic rings. The summed E-state index contributed by atoms with van der Waals surface area (Å²) in [7, 11) is -3.50. The van der Waals surface area contributed by atoms with E-state index in [9.17, 15) is 32.7 Å². The predicted octanol–water partition coefficient (Wildman–Crippen LogP) is 4.07. The first kappa shape index (κ1) is 36.6. The molecule has 0 spiro atoms. The van der Waals surface area contributed by atoms with Crippen molar-refractivity contribution in [3.63, 3.8) is 0 Å². The Balaban J connectivity index is 1.90. The highest BCUT2D eigenvalue weighted by molar-refractivity contribution is 7.92. The number of sulfone groups is 1. The van der Waals surface area contributed by atoms with E-state index in [-0.39, 0.29) is 18.7 Å². The van der Waals surface area contributed by atoms with Crippen molar-refractivity contribution in [2.24, 2.45) is 0 Å². The quantitative estimate of drug-likeness (QED) is 0.148. The Morgan fingerprint density at radius 2 is 1.67 bits per heavy atom. The van der Waals surface area contributed by atoms with Crippen molar-refractivity contribution in [1.29, 1.82) is 0 Å². The number of aliphatic carboxylic acids is 1. The van der Waals surface area contributed by atoms with Crippen LogP contribution in [0.4, 0.5) is 4.79 Å². The summed E-state index contributed by atoms with van der Waals surface area (Å²) < 4.78 is 25.0. The maximum Gasteiger partial charge on any atom is 0.326 e. The second-order valence-corrected chi connectivity index (χ2v) is 15.8. The summed E-state index contributed by atoms with van der Waals surface area (Å²) in [5.41, 5.74) is -0.899. The average Bonchev–Trinajstić information content (AvgIpc) is 3.42. The molecule has 43 heavy (non-hydrogen) atoms. The lowest BCUT2D eigenvalue weighted by molar-refractivity contribution is -0.143. The van der Waals surface area contributed by atoms with Gasteiger partial charge in [0.2, 0.25) is 11.8 Å². The topological polar surface area (TPSA) is 162 Å². The smallest absolute Gasteiger partial charge is 0.326 e. The van der Waals surface area contributed by atoms with Crippen molar-refractivity contribution in [3.05, 3.63) is 12.2 Å². The maximum absolute atomic E-state index is 13.0. The molecule has 0 aromatic carbocycles. The van der Waals surface area contributed by atoms with Crippen LogP contribution in [0.15, 0.2) is 12.2 Å². The Labute approximate surface area is 257 Å². The number of likely N-dealkylation sites (tertiary alicyclic amines) is 1. The zero-order valence-corrected chi connectivity index (χ0v) is 27.4. The first-order valence-corrected chi connectivity index (χ1v) is 17.6. The van der Waals surface area contributed by atoms with Crippen LogP contribution >= 0.6 is 0 Å². The highest BCUT2D eigenvalue weighted by Crippen LogP contribution is 2.32. The third-order valence-corrected chi connectivity index (χ3v) is 11.3. The minimum Gasteiger partial charge on any atom is -0.480 e. The van der Waals surface area contributed by atoms with Crippen molar-refractivity contribution >= 4 is 33.7 Å². The van der Waals surface area contributed by atoms with Crippen LogP contribution in [0.1, 0.15) is 118 Å². The first-order chi connectivity index (χ1) is 20.2. The number of nitrogens with one attached hydrogen (secondary N) is 3. The summed E-state index contributed by atoms with van der Waals surface area (Å²) in [6.07, 6.45) is 15.0. The van der Waals surface area contributed by atoms with Gasteiger partial charge in [0.15, 0.2) is 9.84 Å². The van der Waals surface area contributed by atoms with Crippen LogP contribution in [0.3, 0.4) is 0 Å². The van der Waals surface area contributed by atoms with E-state index in [0.717, 1.165) is 32.1 Å². The number of hydrogen-bond acceptors (Lipinski definition) is 6. The zero-order valence-electron chi connectivity index (χ0n) is 26.6. The lowest BCUT2D eigenvalue weighted by Gasteiger charge is -2.39. The van der Waals surface area contributed by atoms with Crippen LogP contribution in [0, 0.1) is 0 Å². The molecule has 2 fully saturated rings. The number of rotatable bonds is 16. The maximum atomic E-state index is 13.0. The number of amides is 4. The minimum atomic E-state index is -3.50. The molecule has 4 amide bonds. The monoisotopic (exact) mass is 626 g/mol. The fraction of sp³-hybridized carbons (Fsp3) is 0.806. The predicted molar refractivity (Wildman–Crippen MR) is 167 cm³/mol. The van der Waals surface area contributed by atoms with Gasteiger partial charge in [0, 0.05) is 6.54 Å². The van der Waals surface area contributed by atoms with E-state index in [1.165, 1.54) is 24.2 Å². The van der Waals surface area contributed by atoms with Crippen molar-refractivity contribution in [1.82, 2.24) is 20.9 Å². The number of allylic oxidation sites excluding steroid dienone is 2. The van der Waals surface area contributed by atoms with E-state index in [2.05, 4.69) is 29.0 Å². The Bertz CT molecular complexity index is 1080. The van der Waals surface area contributed by atoms with Gasteiger partial charge in [-0.05, 0) is 72.1 Å². The van der Waals surface area contributed by atoms with Crippen LogP contribution in [0.2, 0.25) is 0 Å². The SMILES string of the molecule is CCCCCC/C=C\CC[C@H](NC(=O)[C@@H]1CCCN1C(=O)CNC(=O)NC1(CS(=O)(=O)C(C)(C)C)CCCCC1)C(=O)O. The van der Waals surface area contributed by atoms with Gasteiger partial charge in [0.25, 0.3) is 0 Å². The van der Waals surface area contributed by atoms with Gasteiger partial charge in [-0.2, -0.15) is 0 Å². The zero-order chi connectivity index (χ0) is 32.1. The van der Waals surface area contributed by atoms with Crippen molar-refractivity contribution in [3.8, 4) is 0 Å². The summed E-state index contributed by atoms with van der Waals surface area (Å²) in [5, 5.41) is 17.7. The van der Waals surface area contributed by atoms with Crippen molar-refractivity contribution < 1.29 is 32.7 Å². The van der Waals surface area contributed by atoms with Gasteiger partial charge in [-0.3, -0.25) is 9.59 Å². The molecular formula is C31H54N4O7S. The van der Waals surface area contributed by atoms with E-state index in [0.29, 0.717) is 38.6 Å². The minimum absolute atomic E-state index is 0.168. The molecule has 1 heterocycles. The molecule has 2 atom stereocenters. The van der Waals surface area contributed by atoms with Gasteiger partial charge >= 0.3 is 12.0 Å². The molecule has 1 saturated carbocycles. The number of carboxylic acids is 1. The van der Waals surface area contributed by atoms with Gasteiger partial charge in [0.05, 0.1) is 22.6 Å². The molecule has 0 bridgehead atoms. The number of nitrogens with zero attached hydrogens (tertiary/aromatic N) is 1. The number of urea groups is 1. The molecule has 0 unspecified atom stereocenters. The van der Waals surface area contributed by atoms with Gasteiger partial charge in [-0.25, -0.2) is 18.0 Å².